The van der Waals surface area contributed by atoms with Crippen molar-refractivity contribution in [3.05, 3.63) is 35.9 Å². The highest BCUT2D eigenvalue weighted by molar-refractivity contribution is 8.00. The van der Waals surface area contributed by atoms with Gasteiger partial charge in [-0.2, -0.15) is 5.10 Å². The summed E-state index contributed by atoms with van der Waals surface area (Å²) >= 11 is 1.43. The van der Waals surface area contributed by atoms with Gasteiger partial charge >= 0.3 is 0 Å². The van der Waals surface area contributed by atoms with Gasteiger partial charge in [0.1, 0.15) is 0 Å². The highest BCUT2D eigenvalue weighted by Crippen LogP contribution is 2.41. The summed E-state index contributed by atoms with van der Waals surface area (Å²) in [6, 6.07) is 4.27. The standard InChI is InChI=1S/C19H23N7OS/c1-11-16(12(2)25(4)24-11)21-18(27)13(3)28-19-23-22-17(26(19)15-5-6-15)14-7-9-20-10-8-14/h7-10,13,15H,5-6H2,1-4H3,(H,21,27)/t13-/m1/s1. The maximum Gasteiger partial charge on any atom is 0.237 e. The third-order valence-electron chi connectivity index (χ3n) is 4.92. The van der Waals surface area contributed by atoms with E-state index in [2.05, 4.69) is 30.2 Å². The summed E-state index contributed by atoms with van der Waals surface area (Å²) < 4.78 is 3.93. The van der Waals surface area contributed by atoms with E-state index < -0.39 is 0 Å². The lowest BCUT2D eigenvalue weighted by molar-refractivity contribution is -0.115. The van der Waals surface area contributed by atoms with Crippen molar-refractivity contribution in [2.45, 2.75) is 50.1 Å². The normalized spacial score (nSPS) is 14.9. The number of aryl methyl sites for hydroxylation is 2. The highest BCUT2D eigenvalue weighted by atomic mass is 32.2. The Morgan fingerprint density at radius 3 is 2.57 bits per heavy atom. The Kier molecular flexibility index (Phi) is 4.92. The average Bonchev–Trinajstić information content (AvgIpc) is 3.40. The van der Waals surface area contributed by atoms with Gasteiger partial charge in [-0.25, -0.2) is 0 Å². The molecule has 0 unspecified atom stereocenters. The Morgan fingerprint density at radius 1 is 1.25 bits per heavy atom. The molecule has 0 saturated heterocycles. The van der Waals surface area contributed by atoms with Gasteiger partial charge in [0.2, 0.25) is 5.91 Å². The molecular weight excluding hydrogens is 374 g/mol. The Labute approximate surface area is 167 Å². The quantitative estimate of drug-likeness (QED) is 0.643. The van der Waals surface area contributed by atoms with E-state index in [0.717, 1.165) is 46.5 Å². The first-order valence-corrected chi connectivity index (χ1v) is 10.2. The molecule has 1 N–H and O–H groups in total. The molecule has 0 spiro atoms. The zero-order valence-corrected chi connectivity index (χ0v) is 17.2. The number of thioether (sulfide) groups is 1. The van der Waals surface area contributed by atoms with Crippen molar-refractivity contribution in [2.75, 3.05) is 5.32 Å². The number of hydrogen-bond acceptors (Lipinski definition) is 6. The summed E-state index contributed by atoms with van der Waals surface area (Å²) in [4.78, 5) is 16.8. The van der Waals surface area contributed by atoms with Gasteiger partial charge in [-0.15, -0.1) is 10.2 Å². The van der Waals surface area contributed by atoms with E-state index in [0.29, 0.717) is 6.04 Å². The minimum Gasteiger partial charge on any atom is -0.322 e. The predicted octanol–water partition coefficient (Wildman–Crippen LogP) is 3.14. The molecule has 9 heteroatoms. The molecule has 1 atom stereocenters. The van der Waals surface area contributed by atoms with E-state index in [-0.39, 0.29) is 11.2 Å². The summed E-state index contributed by atoms with van der Waals surface area (Å²) in [6.07, 6.45) is 5.72. The number of carbonyl (C=O) groups excluding carboxylic acids is 1. The third-order valence-corrected chi connectivity index (χ3v) is 5.98. The number of rotatable bonds is 6. The molecule has 1 amide bonds. The summed E-state index contributed by atoms with van der Waals surface area (Å²) in [5, 5.41) is 16.6. The Bertz CT molecular complexity index is 1010. The fourth-order valence-electron chi connectivity index (χ4n) is 3.11. The predicted molar refractivity (Wildman–Crippen MR) is 108 cm³/mol. The van der Waals surface area contributed by atoms with Crippen LogP contribution in [0.5, 0.6) is 0 Å². The summed E-state index contributed by atoms with van der Waals surface area (Å²) in [7, 11) is 1.87. The van der Waals surface area contributed by atoms with Crippen LogP contribution in [0.3, 0.4) is 0 Å². The summed E-state index contributed by atoms with van der Waals surface area (Å²) in [5.41, 5.74) is 3.51. The average molecular weight is 398 g/mol. The van der Waals surface area contributed by atoms with Crippen LogP contribution in [0.15, 0.2) is 29.7 Å². The van der Waals surface area contributed by atoms with Crippen molar-refractivity contribution in [1.29, 1.82) is 0 Å². The number of aromatic nitrogens is 6. The van der Waals surface area contributed by atoms with Crippen LogP contribution < -0.4 is 5.32 Å². The molecule has 3 aromatic rings. The lowest BCUT2D eigenvalue weighted by atomic mass is 10.2. The van der Waals surface area contributed by atoms with Crippen molar-refractivity contribution in [1.82, 2.24) is 29.5 Å². The van der Waals surface area contributed by atoms with Crippen molar-refractivity contribution in [2.24, 2.45) is 7.05 Å². The maximum absolute atomic E-state index is 12.8. The van der Waals surface area contributed by atoms with Crippen LogP contribution in [0.4, 0.5) is 5.69 Å². The van der Waals surface area contributed by atoms with Crippen LogP contribution in [-0.4, -0.2) is 40.7 Å². The first kappa shape index (κ1) is 18.7. The number of amides is 1. The number of nitrogens with zero attached hydrogens (tertiary/aromatic N) is 6. The molecule has 28 heavy (non-hydrogen) atoms. The molecule has 0 bridgehead atoms. The van der Waals surface area contributed by atoms with Crippen LogP contribution in [0.1, 0.15) is 37.2 Å². The smallest absolute Gasteiger partial charge is 0.237 e. The largest absolute Gasteiger partial charge is 0.322 e. The van der Waals surface area contributed by atoms with E-state index in [1.54, 1.807) is 17.1 Å². The molecule has 4 rings (SSSR count). The fourth-order valence-corrected chi connectivity index (χ4v) is 4.03. The molecule has 1 saturated carbocycles. The lowest BCUT2D eigenvalue weighted by Crippen LogP contribution is -2.23. The van der Waals surface area contributed by atoms with Crippen molar-refractivity contribution in [3.8, 4) is 11.4 Å². The zero-order chi connectivity index (χ0) is 19.8. The monoisotopic (exact) mass is 397 g/mol. The topological polar surface area (TPSA) is 90.5 Å². The minimum absolute atomic E-state index is 0.0694. The van der Waals surface area contributed by atoms with E-state index in [9.17, 15) is 4.79 Å². The second-order valence-electron chi connectivity index (χ2n) is 7.06. The molecule has 146 valence electrons. The molecule has 3 aromatic heterocycles. The molecule has 8 nitrogen and oxygen atoms in total. The van der Waals surface area contributed by atoms with E-state index >= 15 is 0 Å². The molecule has 0 aliphatic heterocycles. The van der Waals surface area contributed by atoms with Gasteiger partial charge in [0.05, 0.1) is 22.3 Å². The van der Waals surface area contributed by atoms with Crippen LogP contribution in [-0.2, 0) is 11.8 Å². The lowest BCUT2D eigenvalue weighted by Gasteiger charge is -2.13. The first-order chi connectivity index (χ1) is 13.5. The van der Waals surface area contributed by atoms with E-state index in [4.69, 9.17) is 0 Å². The van der Waals surface area contributed by atoms with Crippen molar-refractivity contribution < 1.29 is 4.79 Å². The van der Waals surface area contributed by atoms with E-state index in [1.807, 2.05) is 40.0 Å². The second-order valence-corrected chi connectivity index (χ2v) is 8.37. The van der Waals surface area contributed by atoms with Crippen LogP contribution in [0, 0.1) is 13.8 Å². The molecular formula is C19H23N7OS. The molecule has 1 aliphatic rings. The van der Waals surface area contributed by atoms with Gasteiger partial charge in [-0.3, -0.25) is 19.0 Å². The maximum atomic E-state index is 12.8. The number of carbonyl (C=O) groups is 1. The number of anilines is 1. The van der Waals surface area contributed by atoms with Gasteiger partial charge in [-0.05, 0) is 45.7 Å². The molecule has 1 fully saturated rings. The van der Waals surface area contributed by atoms with E-state index in [1.165, 1.54) is 11.8 Å². The molecule has 0 radical (unpaired) electrons. The van der Waals surface area contributed by atoms with Crippen LogP contribution >= 0.6 is 11.8 Å². The number of pyridine rings is 1. The van der Waals surface area contributed by atoms with Gasteiger partial charge in [0.15, 0.2) is 11.0 Å². The highest BCUT2D eigenvalue weighted by Gasteiger charge is 2.31. The van der Waals surface area contributed by atoms with Gasteiger partial charge in [-0.1, -0.05) is 11.8 Å². The Hall–Kier alpha value is -2.68. The van der Waals surface area contributed by atoms with Gasteiger partial charge < -0.3 is 5.32 Å². The van der Waals surface area contributed by atoms with Crippen molar-refractivity contribution >= 4 is 23.4 Å². The molecule has 0 aromatic carbocycles. The fraction of sp³-hybridized carbons (Fsp3) is 0.421. The number of hydrogen-bond donors (Lipinski definition) is 1. The van der Waals surface area contributed by atoms with Gasteiger partial charge in [0, 0.05) is 31.0 Å². The van der Waals surface area contributed by atoms with Crippen LogP contribution in [0.2, 0.25) is 0 Å². The molecule has 3 heterocycles. The van der Waals surface area contributed by atoms with Crippen LogP contribution in [0.25, 0.3) is 11.4 Å². The zero-order valence-electron chi connectivity index (χ0n) is 16.4. The van der Waals surface area contributed by atoms with Crippen molar-refractivity contribution in [3.63, 3.8) is 0 Å². The second kappa shape index (κ2) is 7.38. The summed E-state index contributed by atoms with van der Waals surface area (Å²) in [5.74, 6) is 0.763. The summed E-state index contributed by atoms with van der Waals surface area (Å²) in [6.45, 7) is 5.72. The Balaban J connectivity index is 1.54. The number of nitrogens with one attached hydrogen (secondary N) is 1. The first-order valence-electron chi connectivity index (χ1n) is 9.28. The minimum atomic E-state index is -0.314. The molecule has 1 aliphatic carbocycles. The Morgan fingerprint density at radius 2 is 1.96 bits per heavy atom. The SMILES string of the molecule is Cc1nn(C)c(C)c1NC(=O)[C@@H](C)Sc1nnc(-c2ccncc2)n1C1CC1. The third kappa shape index (κ3) is 3.54. The van der Waals surface area contributed by atoms with Gasteiger partial charge in [0.25, 0.3) is 0 Å².